The standard InChI is InChI=1S/C17H16BNO.3C16H15BN2O.C15H14BN3O/c1-12-10-14(19-3)4-7-17(12)20-15-5-6-16-13(11-15)8-9-18(16)2;1-11-8-13(18-3)10-19-16(11)20-14-4-5-15-12(9-14)6-7-17(15)2;1-11-8-16(19-10-15(11)18-3)20-13-4-5-14-12(9-13)6-7-17(14)2;1-11-3-4-13(10-18)16(19-11)20-14-5-6-15-12(9-14)7-8-17(15)2;1-10-14(17-3)9-18-15(19-10)20-12-4-5-13-11(8-12)6-7-16(13)2/h4-7,10-11H,8-9H2,1-2H3;2*4-5,8-10H,6-7H2,1-2H3;3-6,9H,7-8H2,1-2H3;4-5,8-9H,6-7H2,1-2H3. The molecule has 0 N–H and O–H groups in total. The first-order chi connectivity index (χ1) is 48.3. The van der Waals surface area contributed by atoms with Crippen molar-refractivity contribution in [2.75, 3.05) is 0 Å². The first-order valence-corrected chi connectivity index (χ1v) is 34.1. The number of aromatic nitrogens is 5. The van der Waals surface area contributed by atoms with Gasteiger partial charge in [-0.2, -0.15) is 5.26 Å². The zero-order valence-corrected chi connectivity index (χ0v) is 58.4. The molecule has 0 aliphatic carbocycles. The number of nitriles is 1. The van der Waals surface area contributed by atoms with Gasteiger partial charge in [-0.25, -0.2) is 44.3 Å². The molecule has 0 amide bonds. The second-order valence-electron chi connectivity index (χ2n) is 26.6. The molecule has 5 aliphatic heterocycles. The molecule has 15 nitrogen and oxygen atoms in total. The van der Waals surface area contributed by atoms with Gasteiger partial charge in [0.2, 0.25) is 34.7 Å². The molecule has 0 atom stereocenters. The van der Waals surface area contributed by atoms with Crippen molar-refractivity contribution in [3.63, 3.8) is 0 Å². The Morgan fingerprint density at radius 1 is 0.390 bits per heavy atom. The van der Waals surface area contributed by atoms with Gasteiger partial charge in [0, 0.05) is 29.8 Å². The molecule has 4 aromatic heterocycles. The lowest BCUT2D eigenvalue weighted by Gasteiger charge is -2.11. The average Bonchev–Trinajstić information content (AvgIpc) is 1.68. The molecule has 10 aromatic rings. The fourth-order valence-electron chi connectivity index (χ4n) is 13.5. The Balaban J connectivity index is 0.000000126. The monoisotopic (exact) mass is 1310 g/mol. The van der Waals surface area contributed by atoms with Gasteiger partial charge in [-0.15, -0.1) is 0 Å². The van der Waals surface area contributed by atoms with Gasteiger partial charge in [-0.05, 0) is 175 Å². The lowest BCUT2D eigenvalue weighted by molar-refractivity contribution is 0.440. The van der Waals surface area contributed by atoms with Crippen molar-refractivity contribution in [1.29, 1.82) is 5.26 Å². The summed E-state index contributed by atoms with van der Waals surface area (Å²) in [4.78, 5) is 34.5. The molecule has 0 spiro atoms. The molecule has 15 rings (SSSR count). The lowest BCUT2D eigenvalue weighted by Crippen LogP contribution is -2.21. The highest BCUT2D eigenvalue weighted by Gasteiger charge is 2.27. The smallest absolute Gasteiger partial charge is 0.319 e. The van der Waals surface area contributed by atoms with E-state index in [4.69, 9.17) is 55.2 Å². The van der Waals surface area contributed by atoms with Crippen LogP contribution in [0, 0.1) is 72.2 Å². The molecule has 490 valence electrons. The van der Waals surface area contributed by atoms with E-state index in [1.54, 1.807) is 37.5 Å². The van der Waals surface area contributed by atoms with Crippen LogP contribution in [0.1, 0.15) is 61.5 Å². The van der Waals surface area contributed by atoms with E-state index < -0.39 is 0 Å². The maximum Gasteiger partial charge on any atom is 0.319 e. The van der Waals surface area contributed by atoms with E-state index in [9.17, 15) is 0 Å². The van der Waals surface area contributed by atoms with Gasteiger partial charge < -0.3 is 23.7 Å². The molecule has 100 heavy (non-hydrogen) atoms. The number of pyridine rings is 3. The molecular formula is C80H75B5N10O5. The number of ether oxygens (including phenoxy) is 5. The minimum atomic E-state index is 0.292. The second kappa shape index (κ2) is 31.9. The van der Waals surface area contributed by atoms with E-state index in [0.717, 1.165) is 89.0 Å². The molecule has 20 heteroatoms. The Hall–Kier alpha value is -11.4. The Bertz CT molecular complexity index is 4710. The summed E-state index contributed by atoms with van der Waals surface area (Å²) >= 11 is 0. The zero-order chi connectivity index (χ0) is 70.6. The molecule has 0 unspecified atom stereocenters. The molecule has 0 saturated heterocycles. The van der Waals surface area contributed by atoms with Crippen LogP contribution >= 0.6 is 0 Å². The summed E-state index contributed by atoms with van der Waals surface area (Å²) < 4.78 is 29.1. The molecule has 6 aromatic carbocycles. The summed E-state index contributed by atoms with van der Waals surface area (Å²) in [5, 5.41) is 9.11. The van der Waals surface area contributed by atoms with E-state index >= 15 is 0 Å². The van der Waals surface area contributed by atoms with Crippen molar-refractivity contribution in [1.82, 2.24) is 24.9 Å². The van der Waals surface area contributed by atoms with Crippen molar-refractivity contribution in [3.05, 3.63) is 259 Å². The number of benzene rings is 6. The number of hydrogen-bond donors (Lipinski definition) is 0. The van der Waals surface area contributed by atoms with E-state index in [0.29, 0.717) is 91.2 Å². The number of rotatable bonds is 10. The maximum atomic E-state index is 9.11. The summed E-state index contributed by atoms with van der Waals surface area (Å²) in [5.41, 5.74) is 20.9. The van der Waals surface area contributed by atoms with Crippen LogP contribution in [-0.4, -0.2) is 58.5 Å². The van der Waals surface area contributed by atoms with Crippen LogP contribution < -0.4 is 51.0 Å². The van der Waals surface area contributed by atoms with Gasteiger partial charge >= 0.3 is 6.01 Å². The van der Waals surface area contributed by atoms with Gasteiger partial charge in [0.1, 0.15) is 46.1 Å². The third-order valence-electron chi connectivity index (χ3n) is 19.3. The van der Waals surface area contributed by atoms with Crippen LogP contribution in [0.25, 0.3) is 19.4 Å². The largest absolute Gasteiger partial charge is 0.457 e. The summed E-state index contributed by atoms with van der Waals surface area (Å²) in [7, 11) is 0. The normalized spacial score (nSPS) is 12.9. The van der Waals surface area contributed by atoms with E-state index in [2.05, 4.69) is 145 Å². The van der Waals surface area contributed by atoms with Crippen LogP contribution in [0.5, 0.6) is 58.1 Å². The number of nitrogens with zero attached hydrogens (tertiary/aromatic N) is 10. The Morgan fingerprint density at radius 2 is 0.830 bits per heavy atom. The van der Waals surface area contributed by atoms with Gasteiger partial charge in [0.25, 0.3) is 0 Å². The van der Waals surface area contributed by atoms with Crippen LogP contribution in [0.3, 0.4) is 0 Å². The Kier molecular flexibility index (Phi) is 22.3. The number of aryl methyl sites for hydroxylation is 10. The van der Waals surface area contributed by atoms with E-state index in [1.165, 1.54) is 92.9 Å². The minimum Gasteiger partial charge on any atom is -0.457 e. The fraction of sp³-hybridized carbons (Fsp3) is 0.250. The highest BCUT2D eigenvalue weighted by molar-refractivity contribution is 6.75. The average molecular weight is 1310 g/mol. The van der Waals surface area contributed by atoms with Crippen molar-refractivity contribution in [3.8, 4) is 64.2 Å². The topological polar surface area (TPSA) is 152 Å². The third kappa shape index (κ3) is 16.9. The SMILES string of the molecule is CB1CCc2cc(Oc3nc(C)ccc3C#N)ccc21.[C-]#[N+]c1ccc(Oc2ccc3c(c2)CCB3C)c(C)c1.[C-]#[N+]c1cnc(Oc2ccc3c(c2)CCB3C)c(C)c1.[C-]#[N+]c1cnc(Oc2ccc3c(c2)CCB3C)cc1C.[C-]#[N+]c1cnc(Oc2ccc3c(c2)CCB3C)nc1C. The summed E-state index contributed by atoms with van der Waals surface area (Å²) in [6.07, 6.45) is 16.3. The predicted molar refractivity (Wildman–Crippen MR) is 406 cm³/mol. The highest BCUT2D eigenvalue weighted by atomic mass is 16.5. The molecule has 0 saturated carbocycles. The van der Waals surface area contributed by atoms with Crippen molar-refractivity contribution in [2.24, 2.45) is 0 Å². The van der Waals surface area contributed by atoms with Crippen LogP contribution in [-0.2, 0) is 32.1 Å². The molecule has 0 radical (unpaired) electrons. The third-order valence-corrected chi connectivity index (χ3v) is 19.3. The van der Waals surface area contributed by atoms with Crippen molar-refractivity contribution >= 4 is 83.6 Å². The molecule has 0 fully saturated rings. The summed E-state index contributed by atoms with van der Waals surface area (Å²) in [5.74, 6) is 6.37. The molecule has 5 aliphatic rings. The van der Waals surface area contributed by atoms with Gasteiger partial charge in [0.15, 0.2) is 39.3 Å². The van der Waals surface area contributed by atoms with E-state index in [-0.39, 0.29) is 0 Å². The molecule has 0 bridgehead atoms. The van der Waals surface area contributed by atoms with Crippen LogP contribution in [0.15, 0.2) is 152 Å². The second-order valence-corrected chi connectivity index (χ2v) is 26.6. The summed E-state index contributed by atoms with van der Waals surface area (Å²) in [6.45, 7) is 52.0. The molecule has 9 heterocycles. The Morgan fingerprint density at radius 3 is 1.26 bits per heavy atom. The summed E-state index contributed by atoms with van der Waals surface area (Å²) in [6, 6.07) is 46.4. The van der Waals surface area contributed by atoms with Crippen LogP contribution in [0.4, 0.5) is 22.7 Å². The van der Waals surface area contributed by atoms with Gasteiger partial charge in [0.05, 0.1) is 32.0 Å². The van der Waals surface area contributed by atoms with Crippen molar-refractivity contribution < 1.29 is 23.7 Å². The van der Waals surface area contributed by atoms with Crippen LogP contribution in [0.2, 0.25) is 65.7 Å². The zero-order valence-electron chi connectivity index (χ0n) is 58.4. The predicted octanol–water partition coefficient (Wildman–Crippen LogP) is 17.4. The highest BCUT2D eigenvalue weighted by Crippen LogP contribution is 2.34. The van der Waals surface area contributed by atoms with E-state index in [1.807, 2.05) is 82.3 Å². The molecular weight excluding hydrogens is 1240 g/mol. The van der Waals surface area contributed by atoms with Gasteiger partial charge in [-0.1, -0.05) is 157 Å². The lowest BCUT2D eigenvalue weighted by atomic mass is 9.48. The minimum absolute atomic E-state index is 0.292. The number of hydrogen-bond acceptors (Lipinski definition) is 11. The quantitative estimate of drug-likeness (QED) is 0.0950. The first-order valence-electron chi connectivity index (χ1n) is 34.1. The fourth-order valence-corrected chi connectivity index (χ4v) is 13.5. The van der Waals surface area contributed by atoms with Gasteiger partial charge in [-0.3, -0.25) is 0 Å². The first kappa shape index (κ1) is 70.0. The maximum absolute atomic E-state index is 9.11. The Labute approximate surface area is 590 Å². The van der Waals surface area contributed by atoms with Crippen molar-refractivity contribution in [2.45, 2.75) is 132 Å². The number of fused-ring (bicyclic) bond motifs is 5.